The molecule has 0 bridgehead atoms. The van der Waals surface area contributed by atoms with E-state index < -0.39 is 0 Å². The lowest BCUT2D eigenvalue weighted by Gasteiger charge is -2.38. The normalized spacial score (nSPS) is 30.6. The lowest BCUT2D eigenvalue weighted by molar-refractivity contribution is 0.151. The summed E-state index contributed by atoms with van der Waals surface area (Å²) in [6.45, 7) is 5.33. The van der Waals surface area contributed by atoms with E-state index in [0.717, 1.165) is 29.9 Å². The topological polar surface area (TPSA) is 28.5 Å². The highest BCUT2D eigenvalue weighted by Crippen LogP contribution is 2.34. The second kappa shape index (κ2) is 3.12. The Balaban J connectivity index is 1.73. The number of rotatable bonds is 0. The molecule has 0 spiro atoms. The van der Waals surface area contributed by atoms with Gasteiger partial charge < -0.3 is 9.47 Å². The van der Waals surface area contributed by atoms with Gasteiger partial charge in [-0.2, -0.15) is 0 Å². The molecule has 19 heavy (non-hydrogen) atoms. The predicted octanol–water partition coefficient (Wildman–Crippen LogP) is -0.821. The number of fused-ring (bicyclic) bond motifs is 4. The maximum absolute atomic E-state index is 12.1. The minimum atomic E-state index is 0.216. The fourth-order valence-electron chi connectivity index (χ4n) is 4.35. The van der Waals surface area contributed by atoms with Gasteiger partial charge in [0.2, 0.25) is 0 Å². The maximum Gasteiger partial charge on any atom is 0.192 e. The van der Waals surface area contributed by atoms with Crippen molar-refractivity contribution in [2.24, 2.45) is 0 Å². The van der Waals surface area contributed by atoms with Crippen molar-refractivity contribution in [3.8, 4) is 0 Å². The molecule has 4 aliphatic rings. The Bertz CT molecular complexity index is 776. The van der Waals surface area contributed by atoms with E-state index in [4.69, 9.17) is 0 Å². The van der Waals surface area contributed by atoms with Crippen molar-refractivity contribution >= 4 is 11.8 Å². The Hall–Kier alpha value is -1.55. The van der Waals surface area contributed by atoms with Crippen LogP contribution in [0.4, 0.5) is 0 Å². The summed E-state index contributed by atoms with van der Waals surface area (Å²) < 4.78 is 2.31. The van der Waals surface area contributed by atoms with E-state index in [1.54, 1.807) is 0 Å². The molecule has 4 heterocycles. The average Bonchev–Trinajstić information content (AvgIpc) is 2.89. The van der Waals surface area contributed by atoms with Crippen LogP contribution in [0, 0.1) is 6.92 Å². The monoisotopic (exact) mass is 255 g/mol. The third-order valence-electron chi connectivity index (χ3n) is 5.26. The molecular weight excluding hydrogens is 238 g/mol. The Morgan fingerprint density at radius 1 is 1.32 bits per heavy atom. The highest BCUT2D eigenvalue weighted by molar-refractivity contribution is 5.81. The number of aromatic nitrogens is 1. The van der Waals surface area contributed by atoms with E-state index in [0.29, 0.717) is 6.17 Å². The number of pyridine rings is 1. The van der Waals surface area contributed by atoms with Gasteiger partial charge in [-0.1, -0.05) is 0 Å². The fraction of sp³-hybridized carbons (Fsp3) is 0.533. The minimum absolute atomic E-state index is 0.216. The highest BCUT2D eigenvalue weighted by Gasteiger charge is 2.45. The van der Waals surface area contributed by atoms with Gasteiger partial charge in [0, 0.05) is 30.9 Å². The molecule has 2 fully saturated rings. The van der Waals surface area contributed by atoms with Crippen molar-refractivity contribution in [3.05, 3.63) is 32.6 Å². The van der Waals surface area contributed by atoms with Gasteiger partial charge in [0.05, 0.1) is 22.8 Å². The maximum atomic E-state index is 12.1. The van der Waals surface area contributed by atoms with Crippen LogP contribution in [0.2, 0.25) is 0 Å². The van der Waals surface area contributed by atoms with Crippen LogP contribution in [0.15, 0.2) is 11.0 Å². The van der Waals surface area contributed by atoms with E-state index in [1.807, 2.05) is 6.92 Å². The largest absolute Gasteiger partial charge is 0.351 e. The van der Waals surface area contributed by atoms with Crippen LogP contribution in [0.5, 0.6) is 0 Å². The predicted molar refractivity (Wildman–Crippen MR) is 72.8 cm³/mol. The summed E-state index contributed by atoms with van der Waals surface area (Å²) in [5, 5.41) is 2.12. The first-order valence-electron chi connectivity index (χ1n) is 7.22. The Kier molecular flexibility index (Phi) is 1.69. The van der Waals surface area contributed by atoms with Crippen LogP contribution in [0.3, 0.4) is 0 Å². The molecule has 1 aromatic rings. The Labute approximate surface area is 111 Å². The van der Waals surface area contributed by atoms with Gasteiger partial charge in [0.15, 0.2) is 5.43 Å². The molecule has 4 nitrogen and oxygen atoms in total. The zero-order valence-corrected chi connectivity index (χ0v) is 11.1. The van der Waals surface area contributed by atoms with E-state index >= 15 is 0 Å². The Morgan fingerprint density at radius 3 is 3.11 bits per heavy atom. The van der Waals surface area contributed by atoms with Crippen LogP contribution in [0.25, 0.3) is 11.8 Å². The van der Waals surface area contributed by atoms with Crippen molar-refractivity contribution < 1.29 is 0 Å². The van der Waals surface area contributed by atoms with Gasteiger partial charge in [0.25, 0.3) is 0 Å². The van der Waals surface area contributed by atoms with Gasteiger partial charge in [-0.05, 0) is 25.8 Å². The first-order chi connectivity index (χ1) is 9.24. The number of aryl methyl sites for hydroxylation is 1. The summed E-state index contributed by atoms with van der Waals surface area (Å²) in [6, 6.07) is 0.734. The third kappa shape index (κ3) is 1.08. The first kappa shape index (κ1) is 10.3. The molecular formula is C15H17N3O. The van der Waals surface area contributed by atoms with Crippen LogP contribution >= 0.6 is 0 Å². The van der Waals surface area contributed by atoms with Gasteiger partial charge in [0.1, 0.15) is 6.17 Å². The molecule has 2 saturated heterocycles. The lowest BCUT2D eigenvalue weighted by atomic mass is 10.0. The summed E-state index contributed by atoms with van der Waals surface area (Å²) >= 11 is 0. The van der Waals surface area contributed by atoms with Gasteiger partial charge in [-0.15, -0.1) is 0 Å². The molecule has 1 aromatic heterocycles. The summed E-state index contributed by atoms with van der Waals surface area (Å²) in [6.07, 6.45) is 7.35. The Morgan fingerprint density at radius 2 is 2.21 bits per heavy atom. The van der Waals surface area contributed by atoms with Crippen molar-refractivity contribution in [2.45, 2.75) is 38.5 Å². The molecule has 0 saturated carbocycles. The second-order valence-corrected chi connectivity index (χ2v) is 6.25. The second-order valence-electron chi connectivity index (χ2n) is 6.25. The van der Waals surface area contributed by atoms with Crippen LogP contribution in [0.1, 0.15) is 18.4 Å². The summed E-state index contributed by atoms with van der Waals surface area (Å²) in [7, 11) is 0. The van der Waals surface area contributed by atoms with Crippen LogP contribution in [-0.4, -0.2) is 39.7 Å². The van der Waals surface area contributed by atoms with Crippen molar-refractivity contribution in [1.82, 2.24) is 14.4 Å². The molecule has 5 rings (SSSR count). The molecule has 0 aromatic carbocycles. The average molecular weight is 255 g/mol. The molecule has 1 aliphatic carbocycles. The molecule has 3 aliphatic heterocycles. The molecule has 0 amide bonds. The van der Waals surface area contributed by atoms with Gasteiger partial charge >= 0.3 is 0 Å². The lowest BCUT2D eigenvalue weighted by Crippen LogP contribution is -2.61. The van der Waals surface area contributed by atoms with E-state index in [1.165, 1.54) is 30.4 Å². The quantitative estimate of drug-likeness (QED) is 0.606. The molecule has 0 radical (unpaired) electrons. The third-order valence-corrected chi connectivity index (χ3v) is 5.26. The van der Waals surface area contributed by atoms with Gasteiger partial charge in [-0.3, -0.25) is 9.69 Å². The van der Waals surface area contributed by atoms with Crippen LogP contribution in [-0.2, 0) is 6.54 Å². The van der Waals surface area contributed by atoms with Gasteiger partial charge in [-0.25, -0.2) is 0 Å². The SMILES string of the molecule is Cc1cn2c3c(c1=O)=CC=3N1CC3CCCN3C1C2. The summed E-state index contributed by atoms with van der Waals surface area (Å²) in [4.78, 5) is 17.3. The number of nitrogens with zero attached hydrogens (tertiary/aromatic N) is 3. The number of hydrogen-bond donors (Lipinski definition) is 0. The van der Waals surface area contributed by atoms with E-state index in [9.17, 15) is 4.79 Å². The minimum Gasteiger partial charge on any atom is -0.351 e. The summed E-state index contributed by atoms with van der Waals surface area (Å²) in [5.41, 5.74) is 2.39. The highest BCUT2D eigenvalue weighted by atomic mass is 16.1. The zero-order chi connectivity index (χ0) is 12.7. The van der Waals surface area contributed by atoms with Crippen molar-refractivity contribution in [1.29, 1.82) is 0 Å². The zero-order valence-electron chi connectivity index (χ0n) is 11.1. The first-order valence-corrected chi connectivity index (χ1v) is 7.22. The summed E-state index contributed by atoms with van der Waals surface area (Å²) in [5.74, 6) is 0. The smallest absolute Gasteiger partial charge is 0.192 e. The van der Waals surface area contributed by atoms with E-state index in [2.05, 4.69) is 26.6 Å². The molecule has 0 N–H and O–H groups in total. The fourth-order valence-corrected chi connectivity index (χ4v) is 4.35. The van der Waals surface area contributed by atoms with Crippen molar-refractivity contribution in [2.75, 3.05) is 13.1 Å². The number of hydrogen-bond acceptors (Lipinski definition) is 3. The standard InChI is InChI=1S/C15H17N3O/c1-9-6-16-8-13-17-4-2-3-10(17)7-18(13)12-5-11(14(12)16)15(9)19/h5-6,10,13H,2-4,7-8H2,1H3. The van der Waals surface area contributed by atoms with E-state index in [-0.39, 0.29) is 5.43 Å². The molecule has 2 unspecified atom stereocenters. The molecule has 2 atom stereocenters. The van der Waals surface area contributed by atoms with Crippen LogP contribution < -0.4 is 16.0 Å². The van der Waals surface area contributed by atoms with Crippen molar-refractivity contribution in [3.63, 3.8) is 0 Å². The molecule has 98 valence electrons. The molecule has 4 heteroatoms.